The second-order valence-corrected chi connectivity index (χ2v) is 8.26. The standard InChI is InChI=1S/C25H31N3O4/c1-18(2)23(25(30)27-31)26-24(29)22-11-9-20(10-12-22)4-3-19-5-7-21(8-6-19)17-28-13-15-32-16-14-28/h3-12,18,23,31H,13-17H2,1-2H3,(H,26,29)(H,27,30)/b4-3+. The van der Waals surface area contributed by atoms with E-state index in [1.54, 1.807) is 31.5 Å². The topological polar surface area (TPSA) is 90.9 Å². The smallest absolute Gasteiger partial charge is 0.266 e. The van der Waals surface area contributed by atoms with Gasteiger partial charge in [-0.1, -0.05) is 62.4 Å². The first-order chi connectivity index (χ1) is 15.5. The van der Waals surface area contributed by atoms with Crippen molar-refractivity contribution in [1.29, 1.82) is 0 Å². The Morgan fingerprint density at radius 3 is 2.09 bits per heavy atom. The maximum Gasteiger partial charge on any atom is 0.266 e. The van der Waals surface area contributed by atoms with Gasteiger partial charge in [-0.15, -0.1) is 0 Å². The SMILES string of the molecule is CC(C)C(NC(=O)c1ccc(/C=C/c2ccc(CN3CCOCC3)cc2)cc1)C(=O)NO. The Balaban J connectivity index is 1.56. The van der Waals surface area contributed by atoms with E-state index in [4.69, 9.17) is 9.94 Å². The van der Waals surface area contributed by atoms with Crippen LogP contribution in [0.3, 0.4) is 0 Å². The average Bonchev–Trinajstić information content (AvgIpc) is 2.82. The molecule has 0 radical (unpaired) electrons. The Bertz CT molecular complexity index is 917. The number of hydrogen-bond donors (Lipinski definition) is 3. The lowest BCUT2D eigenvalue weighted by Crippen LogP contribution is -2.48. The van der Waals surface area contributed by atoms with E-state index < -0.39 is 11.9 Å². The average molecular weight is 438 g/mol. The Morgan fingerprint density at radius 2 is 1.56 bits per heavy atom. The third-order valence-corrected chi connectivity index (χ3v) is 5.48. The van der Waals surface area contributed by atoms with E-state index >= 15 is 0 Å². The highest BCUT2D eigenvalue weighted by Gasteiger charge is 2.24. The van der Waals surface area contributed by atoms with Gasteiger partial charge < -0.3 is 10.1 Å². The van der Waals surface area contributed by atoms with Gasteiger partial charge in [-0.05, 0) is 34.7 Å². The van der Waals surface area contributed by atoms with Gasteiger partial charge in [0.25, 0.3) is 11.8 Å². The van der Waals surface area contributed by atoms with Gasteiger partial charge >= 0.3 is 0 Å². The molecule has 2 aromatic rings. The lowest BCUT2D eigenvalue weighted by atomic mass is 10.0. The summed E-state index contributed by atoms with van der Waals surface area (Å²) in [5.41, 5.74) is 5.40. The van der Waals surface area contributed by atoms with Crippen molar-refractivity contribution in [3.05, 3.63) is 70.8 Å². The summed E-state index contributed by atoms with van der Waals surface area (Å²) in [6.07, 6.45) is 4.03. The molecule has 1 atom stereocenters. The number of hydroxylamine groups is 1. The van der Waals surface area contributed by atoms with Gasteiger partial charge in [0.1, 0.15) is 6.04 Å². The van der Waals surface area contributed by atoms with Crippen LogP contribution in [0.15, 0.2) is 48.5 Å². The molecular weight excluding hydrogens is 406 g/mol. The van der Waals surface area contributed by atoms with Crippen LogP contribution in [0.5, 0.6) is 0 Å². The van der Waals surface area contributed by atoms with E-state index in [0.29, 0.717) is 5.56 Å². The van der Waals surface area contributed by atoms with Gasteiger partial charge in [0.2, 0.25) is 0 Å². The molecule has 1 heterocycles. The summed E-state index contributed by atoms with van der Waals surface area (Å²) in [5.74, 6) is -1.16. The molecule has 1 aliphatic rings. The molecule has 32 heavy (non-hydrogen) atoms. The summed E-state index contributed by atoms with van der Waals surface area (Å²) in [7, 11) is 0. The van der Waals surface area contributed by atoms with Crippen molar-refractivity contribution in [2.45, 2.75) is 26.4 Å². The van der Waals surface area contributed by atoms with Crippen molar-refractivity contribution >= 4 is 24.0 Å². The second-order valence-electron chi connectivity index (χ2n) is 8.26. The number of ether oxygens (including phenoxy) is 1. The number of carbonyl (C=O) groups excluding carboxylic acids is 2. The predicted octanol–water partition coefficient (Wildman–Crippen LogP) is 2.95. The lowest BCUT2D eigenvalue weighted by molar-refractivity contribution is -0.132. The molecule has 0 saturated carbocycles. The van der Waals surface area contributed by atoms with Crippen LogP contribution in [0.25, 0.3) is 12.2 Å². The molecule has 2 amide bonds. The zero-order valence-corrected chi connectivity index (χ0v) is 18.6. The van der Waals surface area contributed by atoms with Crippen LogP contribution in [0.1, 0.15) is 40.9 Å². The molecule has 0 aromatic heterocycles. The zero-order valence-electron chi connectivity index (χ0n) is 18.6. The maximum atomic E-state index is 12.4. The summed E-state index contributed by atoms with van der Waals surface area (Å²) in [5, 5.41) is 11.5. The van der Waals surface area contributed by atoms with Crippen LogP contribution in [-0.4, -0.2) is 54.3 Å². The Morgan fingerprint density at radius 1 is 1.00 bits per heavy atom. The van der Waals surface area contributed by atoms with E-state index in [2.05, 4.69) is 34.5 Å². The lowest BCUT2D eigenvalue weighted by Gasteiger charge is -2.26. The molecule has 1 fully saturated rings. The molecule has 1 unspecified atom stereocenters. The van der Waals surface area contributed by atoms with Crippen LogP contribution in [-0.2, 0) is 16.1 Å². The third-order valence-electron chi connectivity index (χ3n) is 5.48. The molecular formula is C25H31N3O4. The number of nitrogens with zero attached hydrogens (tertiary/aromatic N) is 1. The van der Waals surface area contributed by atoms with E-state index in [1.807, 2.05) is 24.3 Å². The van der Waals surface area contributed by atoms with Gasteiger partial charge in [0, 0.05) is 25.2 Å². The summed E-state index contributed by atoms with van der Waals surface area (Å²) in [6, 6.07) is 14.8. The fourth-order valence-electron chi connectivity index (χ4n) is 3.52. The van der Waals surface area contributed by atoms with E-state index in [9.17, 15) is 9.59 Å². The van der Waals surface area contributed by atoms with E-state index in [1.165, 1.54) is 5.56 Å². The highest BCUT2D eigenvalue weighted by molar-refractivity contribution is 5.97. The minimum absolute atomic E-state index is 0.159. The van der Waals surface area contributed by atoms with Crippen molar-refractivity contribution in [2.75, 3.05) is 26.3 Å². The Labute approximate surface area is 189 Å². The summed E-state index contributed by atoms with van der Waals surface area (Å²) < 4.78 is 5.39. The van der Waals surface area contributed by atoms with Crippen LogP contribution in [0, 0.1) is 5.92 Å². The fourth-order valence-corrected chi connectivity index (χ4v) is 3.52. The molecule has 0 aliphatic carbocycles. The van der Waals surface area contributed by atoms with Crippen LogP contribution in [0.2, 0.25) is 0 Å². The van der Waals surface area contributed by atoms with Gasteiger partial charge in [0.15, 0.2) is 0 Å². The molecule has 3 rings (SSSR count). The van der Waals surface area contributed by atoms with Crippen molar-refractivity contribution in [2.24, 2.45) is 5.92 Å². The second kappa shape index (κ2) is 11.6. The zero-order chi connectivity index (χ0) is 22.9. The number of hydrogen-bond acceptors (Lipinski definition) is 5. The number of nitrogens with one attached hydrogen (secondary N) is 2. The first-order valence-corrected chi connectivity index (χ1v) is 10.9. The molecule has 1 saturated heterocycles. The van der Waals surface area contributed by atoms with Gasteiger partial charge in [-0.25, -0.2) is 5.48 Å². The first kappa shape index (κ1) is 23.7. The molecule has 0 spiro atoms. The normalized spacial score (nSPS) is 15.6. The third kappa shape index (κ3) is 6.75. The molecule has 2 aromatic carbocycles. The minimum atomic E-state index is -0.807. The molecule has 170 valence electrons. The number of amides is 2. The van der Waals surface area contributed by atoms with Crippen molar-refractivity contribution in [1.82, 2.24) is 15.7 Å². The number of carbonyl (C=O) groups is 2. The monoisotopic (exact) mass is 437 g/mol. The predicted molar refractivity (Wildman–Crippen MR) is 124 cm³/mol. The van der Waals surface area contributed by atoms with E-state index in [0.717, 1.165) is 44.0 Å². The Kier molecular flexibility index (Phi) is 8.56. The van der Waals surface area contributed by atoms with Crippen LogP contribution >= 0.6 is 0 Å². The van der Waals surface area contributed by atoms with Crippen molar-refractivity contribution < 1.29 is 19.5 Å². The fraction of sp³-hybridized carbons (Fsp3) is 0.360. The van der Waals surface area contributed by atoms with E-state index in [-0.39, 0.29) is 11.8 Å². The largest absolute Gasteiger partial charge is 0.379 e. The number of rotatable bonds is 8. The molecule has 1 aliphatic heterocycles. The number of morpholine rings is 1. The molecule has 7 nitrogen and oxygen atoms in total. The van der Waals surface area contributed by atoms with Crippen LogP contribution in [0.4, 0.5) is 0 Å². The molecule has 0 bridgehead atoms. The van der Waals surface area contributed by atoms with Crippen LogP contribution < -0.4 is 10.8 Å². The quantitative estimate of drug-likeness (QED) is 0.336. The first-order valence-electron chi connectivity index (χ1n) is 10.9. The molecule has 7 heteroatoms. The highest BCUT2D eigenvalue weighted by atomic mass is 16.5. The summed E-state index contributed by atoms with van der Waals surface area (Å²) in [4.78, 5) is 26.6. The molecule has 3 N–H and O–H groups in total. The number of benzene rings is 2. The van der Waals surface area contributed by atoms with Crippen molar-refractivity contribution in [3.8, 4) is 0 Å². The highest BCUT2D eigenvalue weighted by Crippen LogP contribution is 2.13. The van der Waals surface area contributed by atoms with Gasteiger partial charge in [-0.3, -0.25) is 19.7 Å². The minimum Gasteiger partial charge on any atom is -0.379 e. The van der Waals surface area contributed by atoms with Gasteiger partial charge in [-0.2, -0.15) is 0 Å². The Hall–Kier alpha value is -3.00. The summed E-state index contributed by atoms with van der Waals surface area (Å²) in [6.45, 7) is 8.08. The maximum absolute atomic E-state index is 12.4. The van der Waals surface area contributed by atoms with Crippen molar-refractivity contribution in [3.63, 3.8) is 0 Å². The summed E-state index contributed by atoms with van der Waals surface area (Å²) >= 11 is 0. The van der Waals surface area contributed by atoms with Gasteiger partial charge in [0.05, 0.1) is 13.2 Å².